The molecular formula is C14H14Cl2N2O. The van der Waals surface area contributed by atoms with E-state index in [0.717, 1.165) is 16.4 Å². The normalized spacial score (nSPS) is 10.5. The molecule has 1 N–H and O–H groups in total. The number of aliphatic hydroxyl groups is 1. The lowest BCUT2D eigenvalue weighted by atomic mass is 10.2. The maximum absolute atomic E-state index is 9.20. The predicted octanol–water partition coefficient (Wildman–Crippen LogP) is 3.52. The third-order valence-corrected chi connectivity index (χ3v) is 3.41. The Bertz CT molecular complexity index is 558. The molecule has 0 aliphatic rings. The zero-order valence-electron chi connectivity index (χ0n) is 10.5. The Kier molecular flexibility index (Phi) is 4.64. The van der Waals surface area contributed by atoms with Crippen LogP contribution in [0.4, 0.5) is 5.82 Å². The van der Waals surface area contributed by atoms with Gasteiger partial charge in [0.05, 0.1) is 11.6 Å². The summed E-state index contributed by atoms with van der Waals surface area (Å²) < 4.78 is 0. The molecule has 0 atom stereocenters. The molecule has 0 aliphatic carbocycles. The number of anilines is 1. The predicted molar refractivity (Wildman–Crippen MR) is 78.7 cm³/mol. The van der Waals surface area contributed by atoms with Crippen molar-refractivity contribution in [2.75, 3.05) is 11.9 Å². The standard InChI is InChI=1S/C14H14Cl2N2O/c1-18(8-10-2-4-12(15)5-3-10)14-6-11(9-19)13(16)7-17-14/h2-7,19H,8-9H2,1H3. The maximum atomic E-state index is 9.20. The summed E-state index contributed by atoms with van der Waals surface area (Å²) in [7, 11) is 1.94. The van der Waals surface area contributed by atoms with Gasteiger partial charge in [-0.25, -0.2) is 4.98 Å². The van der Waals surface area contributed by atoms with Crippen LogP contribution < -0.4 is 4.90 Å². The third-order valence-electron chi connectivity index (χ3n) is 2.81. The summed E-state index contributed by atoms with van der Waals surface area (Å²) in [5.41, 5.74) is 1.81. The van der Waals surface area contributed by atoms with Crippen LogP contribution in [0.5, 0.6) is 0 Å². The Morgan fingerprint density at radius 3 is 2.53 bits per heavy atom. The van der Waals surface area contributed by atoms with E-state index in [1.54, 1.807) is 12.3 Å². The molecule has 19 heavy (non-hydrogen) atoms. The molecule has 0 spiro atoms. The van der Waals surface area contributed by atoms with Gasteiger partial charge in [-0.3, -0.25) is 0 Å². The summed E-state index contributed by atoms with van der Waals surface area (Å²) in [6, 6.07) is 9.46. The third kappa shape index (κ3) is 3.60. The molecule has 0 saturated carbocycles. The largest absolute Gasteiger partial charge is 0.392 e. The fraction of sp³-hybridized carbons (Fsp3) is 0.214. The van der Waals surface area contributed by atoms with Crippen molar-refractivity contribution in [1.82, 2.24) is 4.98 Å². The molecule has 1 aromatic heterocycles. The highest BCUT2D eigenvalue weighted by Gasteiger charge is 2.07. The SMILES string of the molecule is CN(Cc1ccc(Cl)cc1)c1cc(CO)c(Cl)cn1. The maximum Gasteiger partial charge on any atom is 0.128 e. The lowest BCUT2D eigenvalue weighted by Gasteiger charge is -2.19. The van der Waals surface area contributed by atoms with Crippen LogP contribution in [0.25, 0.3) is 0 Å². The Morgan fingerprint density at radius 2 is 1.89 bits per heavy atom. The fourth-order valence-corrected chi connectivity index (χ4v) is 2.03. The molecule has 0 aliphatic heterocycles. The van der Waals surface area contributed by atoms with Gasteiger partial charge in [0.2, 0.25) is 0 Å². The Morgan fingerprint density at radius 1 is 1.21 bits per heavy atom. The van der Waals surface area contributed by atoms with Crippen molar-refractivity contribution < 1.29 is 5.11 Å². The van der Waals surface area contributed by atoms with E-state index in [1.807, 2.05) is 36.2 Å². The number of halogens is 2. The van der Waals surface area contributed by atoms with E-state index < -0.39 is 0 Å². The van der Waals surface area contributed by atoms with E-state index in [0.29, 0.717) is 17.1 Å². The van der Waals surface area contributed by atoms with Crippen molar-refractivity contribution in [3.05, 3.63) is 57.7 Å². The number of benzene rings is 1. The van der Waals surface area contributed by atoms with Crippen molar-refractivity contribution in [2.24, 2.45) is 0 Å². The molecule has 0 fully saturated rings. The second kappa shape index (κ2) is 6.24. The highest BCUT2D eigenvalue weighted by molar-refractivity contribution is 6.31. The van der Waals surface area contributed by atoms with Crippen LogP contribution in [0.2, 0.25) is 10.0 Å². The van der Waals surface area contributed by atoms with Crippen molar-refractivity contribution in [1.29, 1.82) is 0 Å². The van der Waals surface area contributed by atoms with E-state index in [1.165, 1.54) is 0 Å². The average Bonchev–Trinajstić information content (AvgIpc) is 2.42. The molecule has 5 heteroatoms. The first kappa shape index (κ1) is 14.1. The average molecular weight is 297 g/mol. The van der Waals surface area contributed by atoms with Crippen molar-refractivity contribution in [3.8, 4) is 0 Å². The van der Waals surface area contributed by atoms with E-state index in [-0.39, 0.29) is 6.61 Å². The van der Waals surface area contributed by atoms with Gasteiger partial charge < -0.3 is 10.0 Å². The van der Waals surface area contributed by atoms with Gasteiger partial charge in [0, 0.05) is 30.4 Å². The number of nitrogens with zero attached hydrogens (tertiary/aromatic N) is 2. The molecule has 1 heterocycles. The Labute approximate surface area is 122 Å². The van der Waals surface area contributed by atoms with Gasteiger partial charge >= 0.3 is 0 Å². The van der Waals surface area contributed by atoms with Crippen molar-refractivity contribution >= 4 is 29.0 Å². The van der Waals surface area contributed by atoms with Gasteiger partial charge in [-0.1, -0.05) is 35.3 Å². The molecule has 0 amide bonds. The zero-order chi connectivity index (χ0) is 13.8. The smallest absolute Gasteiger partial charge is 0.128 e. The summed E-state index contributed by atoms with van der Waals surface area (Å²) >= 11 is 11.8. The Balaban J connectivity index is 2.15. The summed E-state index contributed by atoms with van der Waals surface area (Å²) in [6.07, 6.45) is 1.56. The van der Waals surface area contributed by atoms with Gasteiger partial charge in [0.15, 0.2) is 0 Å². The van der Waals surface area contributed by atoms with Crippen LogP contribution >= 0.6 is 23.2 Å². The summed E-state index contributed by atoms with van der Waals surface area (Å²) in [4.78, 5) is 6.24. The van der Waals surface area contributed by atoms with Crippen LogP contribution in [-0.4, -0.2) is 17.1 Å². The number of pyridine rings is 1. The van der Waals surface area contributed by atoms with E-state index in [4.69, 9.17) is 23.2 Å². The van der Waals surface area contributed by atoms with Crippen LogP contribution in [0, 0.1) is 0 Å². The molecule has 2 aromatic rings. The van der Waals surface area contributed by atoms with Crippen LogP contribution in [0.1, 0.15) is 11.1 Å². The first-order valence-electron chi connectivity index (χ1n) is 5.81. The lowest BCUT2D eigenvalue weighted by molar-refractivity contribution is 0.282. The monoisotopic (exact) mass is 296 g/mol. The highest BCUT2D eigenvalue weighted by Crippen LogP contribution is 2.21. The van der Waals surface area contributed by atoms with Crippen LogP contribution in [0.3, 0.4) is 0 Å². The molecule has 100 valence electrons. The highest BCUT2D eigenvalue weighted by atomic mass is 35.5. The van der Waals surface area contributed by atoms with E-state index in [9.17, 15) is 5.11 Å². The lowest BCUT2D eigenvalue weighted by Crippen LogP contribution is -2.17. The molecule has 2 rings (SSSR count). The summed E-state index contributed by atoms with van der Waals surface area (Å²) in [5, 5.41) is 10.4. The van der Waals surface area contributed by atoms with E-state index >= 15 is 0 Å². The Hall–Kier alpha value is -1.29. The first-order valence-corrected chi connectivity index (χ1v) is 6.56. The van der Waals surface area contributed by atoms with Crippen LogP contribution in [0.15, 0.2) is 36.5 Å². The van der Waals surface area contributed by atoms with Gasteiger partial charge in [-0.2, -0.15) is 0 Å². The van der Waals surface area contributed by atoms with Crippen molar-refractivity contribution in [3.63, 3.8) is 0 Å². The number of hydrogen-bond donors (Lipinski definition) is 1. The molecule has 0 saturated heterocycles. The molecule has 0 radical (unpaired) electrons. The summed E-state index contributed by atoms with van der Waals surface area (Å²) in [5.74, 6) is 0.767. The van der Waals surface area contributed by atoms with Crippen molar-refractivity contribution in [2.45, 2.75) is 13.2 Å². The molecular weight excluding hydrogens is 283 g/mol. The molecule has 0 unspecified atom stereocenters. The van der Waals surface area contributed by atoms with Crippen LogP contribution in [-0.2, 0) is 13.2 Å². The summed E-state index contributed by atoms with van der Waals surface area (Å²) in [6.45, 7) is 0.611. The topological polar surface area (TPSA) is 36.4 Å². The van der Waals surface area contributed by atoms with E-state index in [2.05, 4.69) is 4.98 Å². The number of aliphatic hydroxyl groups excluding tert-OH is 1. The minimum Gasteiger partial charge on any atom is -0.392 e. The van der Waals surface area contributed by atoms with Gasteiger partial charge in [0.1, 0.15) is 5.82 Å². The minimum absolute atomic E-state index is 0.0941. The number of rotatable bonds is 4. The quantitative estimate of drug-likeness (QED) is 0.938. The zero-order valence-corrected chi connectivity index (χ0v) is 12.0. The molecule has 0 bridgehead atoms. The fourth-order valence-electron chi connectivity index (χ4n) is 1.74. The van der Waals surface area contributed by atoms with Gasteiger partial charge in [0.25, 0.3) is 0 Å². The van der Waals surface area contributed by atoms with Gasteiger partial charge in [-0.15, -0.1) is 0 Å². The second-order valence-electron chi connectivity index (χ2n) is 4.27. The minimum atomic E-state index is -0.0941. The van der Waals surface area contributed by atoms with Gasteiger partial charge in [-0.05, 0) is 23.8 Å². The molecule has 1 aromatic carbocycles. The first-order chi connectivity index (χ1) is 9.10. The number of aromatic nitrogens is 1. The second-order valence-corrected chi connectivity index (χ2v) is 5.12. The molecule has 3 nitrogen and oxygen atoms in total. The number of hydrogen-bond acceptors (Lipinski definition) is 3.